The highest BCUT2D eigenvalue weighted by molar-refractivity contribution is 5.20. The summed E-state index contributed by atoms with van der Waals surface area (Å²) < 4.78 is 0. The standard InChI is InChI=1S/C6H3N2/c1-2-6-4-3-5-7-8-6/h1,3-4H. The molecule has 1 heterocycles. The van der Waals surface area contributed by atoms with E-state index in [4.69, 9.17) is 6.42 Å². The Balaban J connectivity index is 3.05. The fraction of sp³-hybridized carbons (Fsp3) is 0. The van der Waals surface area contributed by atoms with Gasteiger partial charge in [-0.15, -0.1) is 16.6 Å². The van der Waals surface area contributed by atoms with Crippen molar-refractivity contribution in [1.29, 1.82) is 0 Å². The molecule has 0 amide bonds. The molecule has 8 heavy (non-hydrogen) atoms. The molecule has 1 rings (SSSR count). The van der Waals surface area contributed by atoms with Crippen molar-refractivity contribution in [3.05, 3.63) is 24.0 Å². The third kappa shape index (κ3) is 0.824. The SMILES string of the molecule is C#Cc1cc[c]nn1. The molecule has 2 nitrogen and oxygen atoms in total. The maximum absolute atomic E-state index is 4.98. The average Bonchev–Trinajstić information content (AvgIpc) is 1.90. The second kappa shape index (κ2) is 2.08. The molecule has 0 N–H and O–H groups in total. The number of hydrogen-bond donors (Lipinski definition) is 0. The number of hydrogen-bond acceptors (Lipinski definition) is 2. The molecule has 2 heteroatoms. The molecule has 0 aliphatic carbocycles. The highest BCUT2D eigenvalue weighted by Gasteiger charge is 1.80. The minimum atomic E-state index is 0.545. The van der Waals surface area contributed by atoms with E-state index in [9.17, 15) is 0 Å². The zero-order valence-electron chi connectivity index (χ0n) is 4.13. The average molecular weight is 103 g/mol. The van der Waals surface area contributed by atoms with E-state index in [1.807, 2.05) is 0 Å². The molecule has 0 saturated carbocycles. The van der Waals surface area contributed by atoms with Gasteiger partial charge in [-0.05, 0) is 18.1 Å². The minimum Gasteiger partial charge on any atom is -0.148 e. The summed E-state index contributed by atoms with van der Waals surface area (Å²) in [4.78, 5) is 0. The van der Waals surface area contributed by atoms with Crippen molar-refractivity contribution in [2.45, 2.75) is 0 Å². The fourth-order valence-electron chi connectivity index (χ4n) is 0.343. The third-order valence-corrected chi connectivity index (χ3v) is 0.679. The summed E-state index contributed by atoms with van der Waals surface area (Å²) in [5.41, 5.74) is 0.545. The van der Waals surface area contributed by atoms with Gasteiger partial charge in [0.2, 0.25) is 0 Å². The number of aromatic nitrogens is 2. The van der Waals surface area contributed by atoms with Gasteiger partial charge in [0.15, 0.2) is 0 Å². The first kappa shape index (κ1) is 4.79. The predicted molar refractivity (Wildman–Crippen MR) is 28.8 cm³/mol. The molecule has 1 radical (unpaired) electrons. The molecule has 0 fully saturated rings. The van der Waals surface area contributed by atoms with Crippen LogP contribution in [0.4, 0.5) is 0 Å². The Morgan fingerprint density at radius 2 is 2.62 bits per heavy atom. The van der Waals surface area contributed by atoms with E-state index in [1.165, 1.54) is 0 Å². The Morgan fingerprint density at radius 1 is 1.75 bits per heavy atom. The summed E-state index contributed by atoms with van der Waals surface area (Å²) in [6, 6.07) is 3.30. The Morgan fingerprint density at radius 3 is 3.00 bits per heavy atom. The van der Waals surface area contributed by atoms with Gasteiger partial charge >= 0.3 is 0 Å². The lowest BCUT2D eigenvalue weighted by atomic mass is 10.4. The van der Waals surface area contributed by atoms with Gasteiger partial charge in [-0.3, -0.25) is 0 Å². The Hall–Kier alpha value is -1.36. The molecule has 0 aromatic carbocycles. The van der Waals surface area contributed by atoms with Crippen molar-refractivity contribution in [3.8, 4) is 12.3 Å². The zero-order chi connectivity index (χ0) is 5.82. The van der Waals surface area contributed by atoms with Crippen molar-refractivity contribution in [1.82, 2.24) is 10.2 Å². The van der Waals surface area contributed by atoms with Gasteiger partial charge in [0, 0.05) is 0 Å². The molecule has 0 atom stereocenters. The lowest BCUT2D eigenvalue weighted by molar-refractivity contribution is 1.01. The first-order chi connectivity index (χ1) is 3.93. The minimum absolute atomic E-state index is 0.545. The van der Waals surface area contributed by atoms with Crippen molar-refractivity contribution in [3.63, 3.8) is 0 Å². The first-order valence-electron chi connectivity index (χ1n) is 2.10. The Labute approximate surface area is 47.6 Å². The predicted octanol–water partition coefficient (Wildman–Crippen LogP) is 0.258. The lowest BCUT2D eigenvalue weighted by Gasteiger charge is -1.79. The van der Waals surface area contributed by atoms with Crippen LogP contribution in [0.15, 0.2) is 12.1 Å². The lowest BCUT2D eigenvalue weighted by Crippen LogP contribution is -1.82. The van der Waals surface area contributed by atoms with Gasteiger partial charge in [0.05, 0.1) is 0 Å². The molecule has 37 valence electrons. The highest BCUT2D eigenvalue weighted by Crippen LogP contribution is 1.83. The smallest absolute Gasteiger partial charge is 0.135 e. The number of nitrogens with zero attached hydrogens (tertiary/aromatic N) is 2. The number of rotatable bonds is 0. The summed E-state index contributed by atoms with van der Waals surface area (Å²) in [6.07, 6.45) is 7.49. The van der Waals surface area contributed by atoms with E-state index in [-0.39, 0.29) is 0 Å². The van der Waals surface area contributed by atoms with Crippen molar-refractivity contribution in [2.24, 2.45) is 0 Å². The summed E-state index contributed by atoms with van der Waals surface area (Å²) in [6.45, 7) is 0. The van der Waals surface area contributed by atoms with Crippen LogP contribution in [0.5, 0.6) is 0 Å². The zero-order valence-corrected chi connectivity index (χ0v) is 4.13. The Kier molecular flexibility index (Phi) is 1.25. The molecular weight excluding hydrogens is 100 g/mol. The second-order valence-corrected chi connectivity index (χ2v) is 1.19. The summed E-state index contributed by atoms with van der Waals surface area (Å²) in [7, 11) is 0. The molecular formula is C6H3N2. The van der Waals surface area contributed by atoms with E-state index < -0.39 is 0 Å². The van der Waals surface area contributed by atoms with Crippen LogP contribution in [0.2, 0.25) is 0 Å². The molecule has 0 aliphatic heterocycles. The van der Waals surface area contributed by atoms with E-state index in [0.29, 0.717) is 5.69 Å². The van der Waals surface area contributed by atoms with Crippen LogP contribution in [0.1, 0.15) is 5.69 Å². The van der Waals surface area contributed by atoms with Crippen LogP contribution in [0.3, 0.4) is 0 Å². The van der Waals surface area contributed by atoms with Gasteiger partial charge in [0.1, 0.15) is 11.9 Å². The van der Waals surface area contributed by atoms with E-state index in [2.05, 4.69) is 22.3 Å². The summed E-state index contributed by atoms with van der Waals surface area (Å²) in [5, 5.41) is 6.99. The molecule has 1 aromatic rings. The van der Waals surface area contributed by atoms with Gasteiger partial charge in [0.25, 0.3) is 0 Å². The second-order valence-electron chi connectivity index (χ2n) is 1.19. The number of terminal acetylenes is 1. The fourth-order valence-corrected chi connectivity index (χ4v) is 0.343. The topological polar surface area (TPSA) is 25.8 Å². The maximum atomic E-state index is 4.98. The normalized spacial score (nSPS) is 7.88. The van der Waals surface area contributed by atoms with E-state index >= 15 is 0 Å². The van der Waals surface area contributed by atoms with Gasteiger partial charge in [-0.2, -0.15) is 0 Å². The molecule has 0 aliphatic rings. The molecule has 1 aromatic heterocycles. The highest BCUT2D eigenvalue weighted by atomic mass is 15.1. The molecule has 0 spiro atoms. The van der Waals surface area contributed by atoms with Crippen molar-refractivity contribution < 1.29 is 0 Å². The largest absolute Gasteiger partial charge is 0.148 e. The summed E-state index contributed by atoms with van der Waals surface area (Å²) >= 11 is 0. The molecule has 0 unspecified atom stereocenters. The van der Waals surface area contributed by atoms with Gasteiger partial charge in [-0.1, -0.05) is 0 Å². The third-order valence-electron chi connectivity index (χ3n) is 0.679. The van der Waals surface area contributed by atoms with Crippen LogP contribution in [-0.2, 0) is 0 Å². The van der Waals surface area contributed by atoms with E-state index in [0.717, 1.165) is 0 Å². The van der Waals surface area contributed by atoms with Crippen molar-refractivity contribution in [2.75, 3.05) is 0 Å². The van der Waals surface area contributed by atoms with Crippen LogP contribution < -0.4 is 0 Å². The quantitative estimate of drug-likeness (QED) is 0.440. The van der Waals surface area contributed by atoms with Gasteiger partial charge in [-0.25, -0.2) is 0 Å². The van der Waals surface area contributed by atoms with Crippen LogP contribution in [0, 0.1) is 18.5 Å². The molecule has 0 saturated heterocycles. The van der Waals surface area contributed by atoms with Crippen LogP contribution >= 0.6 is 0 Å². The van der Waals surface area contributed by atoms with Crippen molar-refractivity contribution >= 4 is 0 Å². The van der Waals surface area contributed by atoms with Crippen LogP contribution in [-0.4, -0.2) is 10.2 Å². The van der Waals surface area contributed by atoms with Gasteiger partial charge < -0.3 is 0 Å². The van der Waals surface area contributed by atoms with E-state index in [1.54, 1.807) is 12.1 Å². The molecule has 0 bridgehead atoms. The maximum Gasteiger partial charge on any atom is 0.135 e. The monoisotopic (exact) mass is 103 g/mol. The Bertz CT molecular complexity index is 198. The first-order valence-corrected chi connectivity index (χ1v) is 2.10. The van der Waals surface area contributed by atoms with Crippen LogP contribution in [0.25, 0.3) is 0 Å². The summed E-state index contributed by atoms with van der Waals surface area (Å²) in [5.74, 6) is 2.33.